The first kappa shape index (κ1) is 14.1. The third-order valence-corrected chi connectivity index (χ3v) is 3.39. The van der Waals surface area contributed by atoms with Gasteiger partial charge in [-0.3, -0.25) is 4.79 Å². The summed E-state index contributed by atoms with van der Waals surface area (Å²) in [6, 6.07) is 8.19. The minimum atomic E-state index is -0.613. The van der Waals surface area contributed by atoms with Crippen molar-refractivity contribution in [2.75, 3.05) is 10.6 Å². The first-order valence-electron chi connectivity index (χ1n) is 6.11. The van der Waals surface area contributed by atoms with Gasteiger partial charge in [-0.25, -0.2) is 4.79 Å². The molecule has 3 amide bonds. The summed E-state index contributed by atoms with van der Waals surface area (Å²) in [4.78, 5) is 22.4. The smallest absolute Gasteiger partial charge is 0.316 e. The zero-order chi connectivity index (χ0) is 14.4. The predicted molar refractivity (Wildman–Crippen MR) is 80.9 cm³/mol. The molecule has 0 radical (unpaired) electrons. The van der Waals surface area contributed by atoms with Crippen molar-refractivity contribution < 1.29 is 9.59 Å². The molecule has 20 heavy (non-hydrogen) atoms. The van der Waals surface area contributed by atoms with Gasteiger partial charge in [0.05, 0.1) is 0 Å². The Hall–Kier alpha value is -2.34. The fourth-order valence-electron chi connectivity index (χ4n) is 1.70. The number of carbonyl (C=O) groups excluding carboxylic acids is 2. The van der Waals surface area contributed by atoms with Crippen LogP contribution in [-0.4, -0.2) is 11.9 Å². The summed E-state index contributed by atoms with van der Waals surface area (Å²) < 4.78 is 0. The Kier molecular flexibility index (Phi) is 4.73. The summed E-state index contributed by atoms with van der Waals surface area (Å²) >= 11 is 1.63. The number of aryl methyl sites for hydroxylation is 1. The van der Waals surface area contributed by atoms with Gasteiger partial charge in [-0.2, -0.15) is 11.3 Å². The quantitative estimate of drug-likeness (QED) is 0.790. The molecule has 2 rings (SSSR count). The summed E-state index contributed by atoms with van der Waals surface area (Å²) in [5.74, 6) is -0.0354. The highest BCUT2D eigenvalue weighted by atomic mass is 32.1. The summed E-state index contributed by atoms with van der Waals surface area (Å²) in [6.45, 7) is 0. The van der Waals surface area contributed by atoms with Crippen molar-refractivity contribution in [2.24, 2.45) is 5.73 Å². The molecule has 1 aromatic heterocycles. The van der Waals surface area contributed by atoms with Crippen LogP contribution in [0.1, 0.15) is 12.0 Å². The van der Waals surface area contributed by atoms with E-state index >= 15 is 0 Å². The standard InChI is InChI=1S/C14H15N3O2S/c15-14(19)17-12-4-2-11(3-5-12)16-13(18)6-1-10-7-8-20-9-10/h2-5,7-9H,1,6H2,(H,16,18)(H3,15,17,19). The first-order valence-corrected chi connectivity index (χ1v) is 7.05. The third kappa shape index (κ3) is 4.40. The van der Waals surface area contributed by atoms with Crippen LogP contribution in [0.15, 0.2) is 41.1 Å². The predicted octanol–water partition coefficient (Wildman–Crippen LogP) is 2.81. The van der Waals surface area contributed by atoms with E-state index in [1.54, 1.807) is 35.6 Å². The second-order valence-electron chi connectivity index (χ2n) is 4.25. The highest BCUT2D eigenvalue weighted by molar-refractivity contribution is 7.07. The summed E-state index contributed by atoms with van der Waals surface area (Å²) in [7, 11) is 0. The third-order valence-electron chi connectivity index (χ3n) is 2.66. The topological polar surface area (TPSA) is 84.2 Å². The molecule has 0 spiro atoms. The van der Waals surface area contributed by atoms with Crippen LogP contribution < -0.4 is 16.4 Å². The van der Waals surface area contributed by atoms with Crippen molar-refractivity contribution in [3.8, 4) is 0 Å². The Balaban J connectivity index is 1.83. The molecule has 0 atom stereocenters. The summed E-state index contributed by atoms with van der Waals surface area (Å²) in [5.41, 5.74) is 7.46. The number of nitrogens with two attached hydrogens (primary N) is 1. The van der Waals surface area contributed by atoms with Crippen LogP contribution in [0.2, 0.25) is 0 Å². The lowest BCUT2D eigenvalue weighted by Gasteiger charge is -2.06. The molecule has 2 aromatic rings. The molecule has 0 bridgehead atoms. The van der Waals surface area contributed by atoms with Crippen LogP contribution in [0.3, 0.4) is 0 Å². The summed E-state index contributed by atoms with van der Waals surface area (Å²) in [5, 5.41) is 9.30. The van der Waals surface area contributed by atoms with Crippen molar-refractivity contribution in [3.63, 3.8) is 0 Å². The highest BCUT2D eigenvalue weighted by Crippen LogP contribution is 2.14. The molecular weight excluding hydrogens is 274 g/mol. The lowest BCUT2D eigenvalue weighted by Crippen LogP contribution is -2.19. The maximum atomic E-state index is 11.8. The van der Waals surface area contributed by atoms with E-state index in [0.717, 1.165) is 6.42 Å². The van der Waals surface area contributed by atoms with Gasteiger partial charge < -0.3 is 16.4 Å². The van der Waals surface area contributed by atoms with Gasteiger partial charge in [0.25, 0.3) is 0 Å². The highest BCUT2D eigenvalue weighted by Gasteiger charge is 2.04. The van der Waals surface area contributed by atoms with Crippen molar-refractivity contribution in [1.29, 1.82) is 0 Å². The zero-order valence-corrected chi connectivity index (χ0v) is 11.6. The molecule has 6 heteroatoms. The Morgan fingerprint density at radius 3 is 2.25 bits per heavy atom. The number of amides is 3. The SMILES string of the molecule is NC(=O)Nc1ccc(NC(=O)CCc2ccsc2)cc1. The van der Waals surface area contributed by atoms with Crippen LogP contribution in [0.5, 0.6) is 0 Å². The Labute approximate surface area is 120 Å². The van der Waals surface area contributed by atoms with E-state index in [2.05, 4.69) is 10.6 Å². The van der Waals surface area contributed by atoms with E-state index in [1.165, 1.54) is 5.56 Å². The monoisotopic (exact) mass is 289 g/mol. The van der Waals surface area contributed by atoms with Gasteiger partial charge >= 0.3 is 6.03 Å². The van der Waals surface area contributed by atoms with Crippen LogP contribution >= 0.6 is 11.3 Å². The van der Waals surface area contributed by atoms with Crippen LogP contribution in [0.4, 0.5) is 16.2 Å². The van der Waals surface area contributed by atoms with Gasteiger partial charge in [0.15, 0.2) is 0 Å². The number of primary amides is 1. The Bertz CT molecular complexity index is 579. The number of urea groups is 1. The number of hydrogen-bond donors (Lipinski definition) is 3. The lowest BCUT2D eigenvalue weighted by atomic mass is 10.2. The first-order chi connectivity index (χ1) is 9.63. The Morgan fingerprint density at radius 1 is 1.05 bits per heavy atom. The molecule has 0 saturated heterocycles. The van der Waals surface area contributed by atoms with E-state index in [4.69, 9.17) is 5.73 Å². The van der Waals surface area contributed by atoms with Crippen molar-refractivity contribution in [1.82, 2.24) is 0 Å². The average Bonchev–Trinajstić information content (AvgIpc) is 2.91. The van der Waals surface area contributed by atoms with E-state index in [-0.39, 0.29) is 5.91 Å². The molecule has 1 aromatic carbocycles. The van der Waals surface area contributed by atoms with Crippen molar-refractivity contribution in [2.45, 2.75) is 12.8 Å². The average molecular weight is 289 g/mol. The molecule has 4 N–H and O–H groups in total. The number of anilines is 2. The van der Waals surface area contributed by atoms with Crippen LogP contribution in [0.25, 0.3) is 0 Å². The largest absolute Gasteiger partial charge is 0.351 e. The number of benzene rings is 1. The van der Waals surface area contributed by atoms with Gasteiger partial charge in [-0.05, 0) is 53.1 Å². The fraction of sp³-hybridized carbons (Fsp3) is 0.143. The van der Waals surface area contributed by atoms with Crippen LogP contribution in [-0.2, 0) is 11.2 Å². The maximum Gasteiger partial charge on any atom is 0.316 e. The molecule has 0 aliphatic heterocycles. The second-order valence-corrected chi connectivity index (χ2v) is 5.03. The minimum absolute atomic E-state index is 0.0354. The maximum absolute atomic E-state index is 11.8. The molecule has 0 aliphatic carbocycles. The molecule has 1 heterocycles. The van der Waals surface area contributed by atoms with Crippen molar-refractivity contribution in [3.05, 3.63) is 46.7 Å². The molecule has 5 nitrogen and oxygen atoms in total. The molecule has 0 saturated carbocycles. The van der Waals surface area contributed by atoms with Gasteiger partial charge in [0.2, 0.25) is 5.91 Å². The molecule has 0 unspecified atom stereocenters. The number of hydrogen-bond acceptors (Lipinski definition) is 3. The van der Waals surface area contributed by atoms with Crippen molar-refractivity contribution >= 4 is 34.6 Å². The van der Waals surface area contributed by atoms with Crippen LogP contribution in [0, 0.1) is 0 Å². The second kappa shape index (κ2) is 6.72. The van der Waals surface area contributed by atoms with E-state index in [1.807, 2.05) is 16.8 Å². The number of carbonyl (C=O) groups is 2. The van der Waals surface area contributed by atoms with Gasteiger partial charge in [-0.15, -0.1) is 0 Å². The van der Waals surface area contributed by atoms with E-state index < -0.39 is 6.03 Å². The number of thiophene rings is 1. The van der Waals surface area contributed by atoms with Gasteiger partial charge in [0.1, 0.15) is 0 Å². The Morgan fingerprint density at radius 2 is 1.70 bits per heavy atom. The zero-order valence-electron chi connectivity index (χ0n) is 10.8. The van der Waals surface area contributed by atoms with E-state index in [0.29, 0.717) is 17.8 Å². The number of rotatable bonds is 5. The number of nitrogens with one attached hydrogen (secondary N) is 2. The van der Waals surface area contributed by atoms with Gasteiger partial charge in [-0.1, -0.05) is 0 Å². The minimum Gasteiger partial charge on any atom is -0.351 e. The summed E-state index contributed by atoms with van der Waals surface area (Å²) in [6.07, 6.45) is 1.18. The van der Waals surface area contributed by atoms with E-state index in [9.17, 15) is 9.59 Å². The lowest BCUT2D eigenvalue weighted by molar-refractivity contribution is -0.116. The molecule has 0 aliphatic rings. The fourth-order valence-corrected chi connectivity index (χ4v) is 2.40. The van der Waals surface area contributed by atoms with Gasteiger partial charge in [0, 0.05) is 17.8 Å². The molecule has 104 valence electrons. The molecule has 0 fully saturated rings. The molecular formula is C14H15N3O2S. The normalized spacial score (nSPS) is 10.0.